The molecule has 18 nitrogen and oxygen atoms in total. The van der Waals surface area contributed by atoms with E-state index in [-0.39, 0.29) is 58.0 Å². The van der Waals surface area contributed by atoms with Crippen LogP contribution in [0.1, 0.15) is 56.1 Å². The molecular formula is C35H48N4O14. The molecule has 0 aromatic heterocycles. The van der Waals surface area contributed by atoms with Gasteiger partial charge in [-0.25, -0.2) is 9.59 Å². The number of rotatable bonds is 21. The van der Waals surface area contributed by atoms with Crippen LogP contribution in [-0.2, 0) is 40.0 Å². The van der Waals surface area contributed by atoms with Crippen molar-refractivity contribution in [1.29, 1.82) is 0 Å². The summed E-state index contributed by atoms with van der Waals surface area (Å²) in [6, 6.07) is 12.4. The molecule has 2 aromatic rings. The average molecular weight is 749 g/mol. The highest BCUT2D eigenvalue weighted by molar-refractivity contribution is 5.82. The molecule has 18 heteroatoms. The third kappa shape index (κ3) is 12.2. The molecule has 2 aliphatic rings. The number of piperidine rings is 1. The molecule has 2 heterocycles. The highest BCUT2D eigenvalue weighted by Gasteiger charge is 2.44. The molecule has 0 N–H and O–H groups in total. The van der Waals surface area contributed by atoms with Gasteiger partial charge < -0.3 is 43.0 Å². The average Bonchev–Trinajstić information content (AvgIpc) is 3.15. The van der Waals surface area contributed by atoms with E-state index in [1.807, 2.05) is 42.5 Å². The monoisotopic (exact) mass is 748 g/mol. The number of esters is 1. The molecule has 2 aliphatic heterocycles. The summed E-state index contributed by atoms with van der Waals surface area (Å²) in [5.74, 6) is 0.589. The Labute approximate surface area is 307 Å². The summed E-state index contributed by atoms with van der Waals surface area (Å²) in [7, 11) is 3.26. The van der Waals surface area contributed by atoms with Gasteiger partial charge in [-0.3, -0.25) is 4.90 Å². The Balaban J connectivity index is 1.48. The SMILES string of the molecule is CCOC(=O)C1CC(c2ccc(OC)cc2)C(OCc2ccc3c(c2)N(CCCOC)CCO3)CN1C(=O)OCCCCC(CO[N+](=O)[O-])O[N+](=O)[O-]. The Morgan fingerprint density at radius 1 is 1.00 bits per heavy atom. The second-order valence-electron chi connectivity index (χ2n) is 12.4. The van der Waals surface area contributed by atoms with Gasteiger partial charge in [-0.15, -0.1) is 20.2 Å². The van der Waals surface area contributed by atoms with Gasteiger partial charge in [0, 0.05) is 26.2 Å². The van der Waals surface area contributed by atoms with Gasteiger partial charge >= 0.3 is 12.1 Å². The van der Waals surface area contributed by atoms with Crippen molar-refractivity contribution in [1.82, 2.24) is 4.90 Å². The van der Waals surface area contributed by atoms with E-state index in [0.29, 0.717) is 19.0 Å². The van der Waals surface area contributed by atoms with Crippen LogP contribution in [0.2, 0.25) is 0 Å². The first-order chi connectivity index (χ1) is 25.6. The molecule has 292 valence electrons. The highest BCUT2D eigenvalue weighted by atomic mass is 17.0. The molecule has 4 unspecified atom stereocenters. The van der Waals surface area contributed by atoms with Crippen LogP contribution >= 0.6 is 0 Å². The van der Waals surface area contributed by atoms with Gasteiger partial charge in [0.1, 0.15) is 36.9 Å². The first-order valence-electron chi connectivity index (χ1n) is 17.6. The van der Waals surface area contributed by atoms with Crippen LogP contribution in [0, 0.1) is 20.2 Å². The maximum absolute atomic E-state index is 13.6. The molecule has 4 atom stereocenters. The number of ether oxygens (including phenoxy) is 6. The second kappa shape index (κ2) is 20.8. The van der Waals surface area contributed by atoms with Gasteiger partial charge in [0.05, 0.1) is 51.8 Å². The summed E-state index contributed by atoms with van der Waals surface area (Å²) in [6.45, 7) is 4.13. The number of carbonyl (C=O) groups is 2. The number of fused-ring (bicyclic) bond motifs is 1. The summed E-state index contributed by atoms with van der Waals surface area (Å²) < 4.78 is 34.0. The van der Waals surface area contributed by atoms with Crippen LogP contribution in [0.3, 0.4) is 0 Å². The number of anilines is 1. The lowest BCUT2D eigenvalue weighted by atomic mass is 9.83. The van der Waals surface area contributed by atoms with E-state index in [2.05, 4.69) is 14.6 Å². The summed E-state index contributed by atoms with van der Waals surface area (Å²) in [6.07, 6.45) is -0.826. The van der Waals surface area contributed by atoms with E-state index in [1.54, 1.807) is 21.1 Å². The normalized spacial score (nSPS) is 18.6. The summed E-state index contributed by atoms with van der Waals surface area (Å²) in [5, 5.41) is 19.2. The Kier molecular flexibility index (Phi) is 16.0. The lowest BCUT2D eigenvalue weighted by molar-refractivity contribution is -0.790. The van der Waals surface area contributed by atoms with E-state index in [4.69, 9.17) is 28.4 Å². The standard InChI is InChI=1S/C35H48N4O14/c1-4-48-34(40)31-21-29(26-10-12-27(47-3)13-11-26)33(51-23-25-9-14-32-30(20-25)36(16-19-49-32)15-7-17-46-2)22-37(31)35(41)50-18-6-5-8-28(53-39(44)45)24-52-38(42)43/h9-14,20,28-29,31,33H,4-8,15-19,21-24H2,1-3H3. The number of hydrogen-bond donors (Lipinski definition) is 0. The second-order valence-corrected chi connectivity index (χ2v) is 12.4. The summed E-state index contributed by atoms with van der Waals surface area (Å²) >= 11 is 0. The van der Waals surface area contributed by atoms with E-state index >= 15 is 0 Å². The largest absolute Gasteiger partial charge is 0.497 e. The van der Waals surface area contributed by atoms with Gasteiger partial charge in [0.2, 0.25) is 0 Å². The molecule has 1 saturated heterocycles. The predicted molar refractivity (Wildman–Crippen MR) is 187 cm³/mol. The van der Waals surface area contributed by atoms with Gasteiger partial charge in [-0.2, -0.15) is 0 Å². The van der Waals surface area contributed by atoms with Crippen molar-refractivity contribution in [2.75, 3.05) is 71.8 Å². The van der Waals surface area contributed by atoms with Crippen molar-refractivity contribution in [3.05, 3.63) is 73.8 Å². The Morgan fingerprint density at radius 2 is 1.79 bits per heavy atom. The lowest BCUT2D eigenvalue weighted by Gasteiger charge is -2.42. The van der Waals surface area contributed by atoms with Crippen LogP contribution in [0.25, 0.3) is 0 Å². The summed E-state index contributed by atoms with van der Waals surface area (Å²) in [5.41, 5.74) is 2.77. The third-order valence-corrected chi connectivity index (χ3v) is 8.99. The number of hydrogen-bond acceptors (Lipinski definition) is 15. The van der Waals surface area contributed by atoms with Crippen LogP contribution in [-0.4, -0.2) is 112 Å². The number of unbranched alkanes of at least 4 members (excludes halogenated alkanes) is 1. The van der Waals surface area contributed by atoms with Crippen molar-refractivity contribution in [3.63, 3.8) is 0 Å². The molecule has 53 heavy (non-hydrogen) atoms. The zero-order valence-corrected chi connectivity index (χ0v) is 30.3. The van der Waals surface area contributed by atoms with Gasteiger partial charge in [-0.1, -0.05) is 18.2 Å². The van der Waals surface area contributed by atoms with E-state index in [9.17, 15) is 29.8 Å². The Bertz CT molecular complexity index is 1500. The maximum Gasteiger partial charge on any atom is 0.410 e. The number of nitrogens with zero attached hydrogens (tertiary/aromatic N) is 4. The fourth-order valence-corrected chi connectivity index (χ4v) is 6.39. The van der Waals surface area contributed by atoms with Crippen LogP contribution in [0.15, 0.2) is 42.5 Å². The molecule has 1 fully saturated rings. The first-order valence-corrected chi connectivity index (χ1v) is 17.6. The van der Waals surface area contributed by atoms with Crippen LogP contribution < -0.4 is 14.4 Å². The lowest BCUT2D eigenvalue weighted by Crippen LogP contribution is -2.56. The molecule has 2 aromatic carbocycles. The number of methoxy groups -OCH3 is 2. The van der Waals surface area contributed by atoms with Crippen LogP contribution in [0.4, 0.5) is 10.5 Å². The Morgan fingerprint density at radius 3 is 2.49 bits per heavy atom. The van der Waals surface area contributed by atoms with Crippen molar-refractivity contribution in [3.8, 4) is 11.5 Å². The zero-order chi connectivity index (χ0) is 38.2. The smallest absolute Gasteiger partial charge is 0.410 e. The minimum absolute atomic E-state index is 0.0210. The fourth-order valence-electron chi connectivity index (χ4n) is 6.39. The third-order valence-electron chi connectivity index (χ3n) is 8.99. The maximum atomic E-state index is 13.6. The van der Waals surface area contributed by atoms with E-state index in [1.165, 1.54) is 4.90 Å². The number of amides is 1. The van der Waals surface area contributed by atoms with Gasteiger partial charge in [-0.05, 0) is 74.4 Å². The first kappa shape index (κ1) is 40.7. The molecule has 4 rings (SSSR count). The zero-order valence-electron chi connectivity index (χ0n) is 30.3. The van der Waals surface area contributed by atoms with Crippen LogP contribution in [0.5, 0.6) is 11.5 Å². The molecule has 1 amide bonds. The quantitative estimate of drug-likeness (QED) is 0.0755. The minimum atomic E-state index is -1.17. The fraction of sp³-hybridized carbons (Fsp3) is 0.600. The molecular weight excluding hydrogens is 700 g/mol. The van der Waals surface area contributed by atoms with E-state index < -0.39 is 47.1 Å². The van der Waals surface area contributed by atoms with Crippen molar-refractivity contribution >= 4 is 17.7 Å². The predicted octanol–water partition coefficient (Wildman–Crippen LogP) is 4.33. The Hall–Kier alpha value is -5.10. The summed E-state index contributed by atoms with van der Waals surface area (Å²) in [4.78, 5) is 60.4. The van der Waals surface area contributed by atoms with Gasteiger partial charge in [0.15, 0.2) is 0 Å². The topological polar surface area (TPSA) is 201 Å². The molecule has 0 aliphatic carbocycles. The van der Waals surface area contributed by atoms with Crippen molar-refractivity contribution in [2.45, 2.75) is 69.8 Å². The molecule has 0 saturated carbocycles. The van der Waals surface area contributed by atoms with E-state index in [0.717, 1.165) is 42.1 Å². The van der Waals surface area contributed by atoms with Crippen molar-refractivity contribution < 1.29 is 57.9 Å². The number of likely N-dealkylation sites (tertiary alicyclic amines) is 1. The molecule has 0 spiro atoms. The number of carbonyl (C=O) groups excluding carboxylic acids is 2. The highest BCUT2D eigenvalue weighted by Crippen LogP contribution is 2.37. The minimum Gasteiger partial charge on any atom is -0.497 e. The van der Waals surface area contributed by atoms with Gasteiger partial charge in [0.25, 0.3) is 10.2 Å². The molecule has 0 radical (unpaired) electrons. The van der Waals surface area contributed by atoms with Crippen molar-refractivity contribution in [2.24, 2.45) is 0 Å². The molecule has 0 bridgehead atoms. The number of benzene rings is 2.